The van der Waals surface area contributed by atoms with Crippen molar-refractivity contribution in [3.8, 4) is 46.1 Å². The number of aromatic nitrogens is 4. The number of nitrogens with zero attached hydrogens (tertiary/aromatic N) is 3. The molecule has 2 aromatic carbocycles. The first-order chi connectivity index (χ1) is 24.5. The van der Waals surface area contributed by atoms with Crippen LogP contribution in [0.25, 0.3) is 22.4 Å². The first kappa shape index (κ1) is 35.5. The van der Waals surface area contributed by atoms with E-state index in [0.29, 0.717) is 6.54 Å². The van der Waals surface area contributed by atoms with E-state index in [2.05, 4.69) is 100 Å². The fourth-order valence-electron chi connectivity index (χ4n) is 6.75. The normalized spacial score (nSPS) is 17.7. The molecule has 0 bridgehead atoms. The molecular formula is C41H47N7O3. The summed E-state index contributed by atoms with van der Waals surface area (Å²) < 4.78 is 4.78. The number of amides is 2. The van der Waals surface area contributed by atoms with Gasteiger partial charge in [-0.25, -0.2) is 14.8 Å². The molecule has 2 aromatic heterocycles. The molecule has 0 aliphatic carbocycles. The van der Waals surface area contributed by atoms with Gasteiger partial charge in [-0.15, -0.1) is 0 Å². The lowest BCUT2D eigenvalue weighted by atomic mass is 9.85. The van der Waals surface area contributed by atoms with Gasteiger partial charge < -0.3 is 30.2 Å². The van der Waals surface area contributed by atoms with Crippen LogP contribution in [0, 0.1) is 29.6 Å². The topological polar surface area (TPSA) is 128 Å². The van der Waals surface area contributed by atoms with Gasteiger partial charge in [0.05, 0.1) is 37.3 Å². The second kappa shape index (κ2) is 15.3. The van der Waals surface area contributed by atoms with Crippen LogP contribution in [-0.2, 0) is 14.9 Å². The number of methoxy groups -OCH3 is 1. The Kier molecular flexibility index (Phi) is 10.6. The quantitative estimate of drug-likeness (QED) is 0.162. The third-order valence-electron chi connectivity index (χ3n) is 9.65. The minimum atomic E-state index is -0.691. The van der Waals surface area contributed by atoms with E-state index in [1.165, 1.54) is 12.7 Å². The van der Waals surface area contributed by atoms with E-state index in [4.69, 9.17) is 9.72 Å². The van der Waals surface area contributed by atoms with Crippen molar-refractivity contribution in [3.05, 3.63) is 83.3 Å². The summed E-state index contributed by atoms with van der Waals surface area (Å²) in [7, 11) is 1.30. The average Bonchev–Trinajstić information content (AvgIpc) is 3.95. The zero-order chi connectivity index (χ0) is 36.1. The first-order valence-corrected chi connectivity index (χ1v) is 17.8. The number of nitrogens with one attached hydrogen (secondary N) is 4. The number of rotatable bonds is 7. The van der Waals surface area contributed by atoms with Gasteiger partial charge in [0.15, 0.2) is 0 Å². The second-order valence-electron chi connectivity index (χ2n) is 14.7. The maximum Gasteiger partial charge on any atom is 0.407 e. The number of benzene rings is 2. The first-order valence-electron chi connectivity index (χ1n) is 17.8. The summed E-state index contributed by atoms with van der Waals surface area (Å²) in [6, 6.07) is 14.1. The number of hydrogen-bond donors (Lipinski definition) is 4. The summed E-state index contributed by atoms with van der Waals surface area (Å²) in [6.07, 6.45) is 6.82. The van der Waals surface area contributed by atoms with Gasteiger partial charge in [0.1, 0.15) is 23.4 Å². The summed E-state index contributed by atoms with van der Waals surface area (Å²) >= 11 is 0. The molecule has 2 saturated heterocycles. The summed E-state index contributed by atoms with van der Waals surface area (Å²) in [6.45, 7) is 12.0. The van der Waals surface area contributed by atoms with Crippen molar-refractivity contribution in [1.82, 2.24) is 35.5 Å². The predicted octanol–water partition coefficient (Wildman–Crippen LogP) is 6.64. The van der Waals surface area contributed by atoms with E-state index in [1.807, 2.05) is 37.1 Å². The molecule has 4 aromatic rings. The lowest BCUT2D eigenvalue weighted by Crippen LogP contribution is -2.51. The predicted molar refractivity (Wildman–Crippen MR) is 198 cm³/mol. The molecule has 2 amide bonds. The van der Waals surface area contributed by atoms with E-state index in [-0.39, 0.29) is 29.3 Å². The molecule has 4 N–H and O–H groups in total. The highest BCUT2D eigenvalue weighted by Crippen LogP contribution is 2.35. The molecule has 51 heavy (non-hydrogen) atoms. The van der Waals surface area contributed by atoms with Crippen LogP contribution in [0.15, 0.2) is 54.9 Å². The van der Waals surface area contributed by atoms with Crippen LogP contribution in [0.4, 0.5) is 4.79 Å². The van der Waals surface area contributed by atoms with Crippen molar-refractivity contribution in [2.24, 2.45) is 5.92 Å². The van der Waals surface area contributed by atoms with E-state index < -0.39 is 12.1 Å². The van der Waals surface area contributed by atoms with Crippen LogP contribution in [0.3, 0.4) is 0 Å². The van der Waals surface area contributed by atoms with Gasteiger partial charge in [-0.05, 0) is 90.1 Å². The third-order valence-corrected chi connectivity index (χ3v) is 9.65. The molecule has 6 rings (SSSR count). The number of aromatic amines is 2. The third kappa shape index (κ3) is 8.19. The lowest BCUT2D eigenvalue weighted by Gasteiger charge is -2.30. The highest BCUT2D eigenvalue weighted by molar-refractivity contribution is 5.86. The maximum atomic E-state index is 13.7. The fraction of sp³-hybridized carbons (Fsp3) is 0.415. The molecule has 10 heteroatoms. The second-order valence-corrected chi connectivity index (χ2v) is 14.7. The van der Waals surface area contributed by atoms with Crippen LogP contribution < -0.4 is 10.6 Å². The Balaban J connectivity index is 1.29. The number of carbonyl (C=O) groups is 2. The van der Waals surface area contributed by atoms with Crippen molar-refractivity contribution in [3.63, 3.8) is 0 Å². The molecule has 0 saturated carbocycles. The number of ether oxygens (including phenoxy) is 1. The Morgan fingerprint density at radius 3 is 2.51 bits per heavy atom. The number of alkyl carbamates (subject to hydrolysis) is 1. The van der Waals surface area contributed by atoms with Gasteiger partial charge in [0.2, 0.25) is 5.91 Å². The number of hydrogen-bond acceptors (Lipinski definition) is 6. The van der Waals surface area contributed by atoms with Gasteiger partial charge in [0, 0.05) is 17.7 Å². The number of H-pyrrole nitrogens is 2. The van der Waals surface area contributed by atoms with Crippen molar-refractivity contribution in [2.45, 2.75) is 83.8 Å². The minimum absolute atomic E-state index is 0.0221. The largest absolute Gasteiger partial charge is 0.453 e. The van der Waals surface area contributed by atoms with Gasteiger partial charge in [-0.3, -0.25) is 4.79 Å². The van der Waals surface area contributed by atoms with Gasteiger partial charge in [-0.2, -0.15) is 0 Å². The van der Waals surface area contributed by atoms with Crippen molar-refractivity contribution < 1.29 is 14.3 Å². The Labute approximate surface area is 300 Å². The molecule has 4 heterocycles. The van der Waals surface area contributed by atoms with E-state index in [0.717, 1.165) is 77.5 Å². The minimum Gasteiger partial charge on any atom is -0.453 e. The Bertz CT molecular complexity index is 2010. The van der Waals surface area contributed by atoms with Crippen LogP contribution in [0.1, 0.15) is 101 Å². The number of carbonyl (C=O) groups excluding carboxylic acids is 2. The SMILES string of the molecule is COC(=O)N[C@H](C(=O)N1CCCC1c1ncc(-c2ccc(C#CC#Cc3cnc(C4CCCN4)[nH]3)c(-c3cccc(C(C)(C)C)c3)c2)[nH]1)C(C)C. The highest BCUT2D eigenvalue weighted by Gasteiger charge is 2.37. The van der Waals surface area contributed by atoms with Gasteiger partial charge in [0.25, 0.3) is 0 Å². The summed E-state index contributed by atoms with van der Waals surface area (Å²) in [4.78, 5) is 43.6. The number of imidazole rings is 2. The van der Waals surface area contributed by atoms with Crippen LogP contribution in [0.5, 0.6) is 0 Å². The molecule has 0 radical (unpaired) electrons. The Morgan fingerprint density at radius 1 is 0.961 bits per heavy atom. The zero-order valence-corrected chi connectivity index (χ0v) is 30.3. The molecule has 0 spiro atoms. The van der Waals surface area contributed by atoms with Crippen LogP contribution >= 0.6 is 0 Å². The molecule has 2 fully saturated rings. The molecule has 2 aliphatic rings. The summed E-state index contributed by atoms with van der Waals surface area (Å²) in [5, 5.41) is 6.17. The average molecular weight is 686 g/mol. The van der Waals surface area contributed by atoms with E-state index >= 15 is 0 Å². The standard InChI is InChI=1S/C41H47N7O3/c1-26(2)36(47-40(50)51-6)39(49)48-21-11-17-35(48)38-44-25-34(46-38)29-19-18-27(32(23-29)28-13-9-14-30(22-28)41(3,4)5)12-7-8-15-31-24-43-37(45-31)33-16-10-20-42-33/h9,13-14,18-19,22-26,33,35-36,42H,10-11,16-17,20-21H2,1-6H3,(H,43,45)(H,44,46)(H,47,50)/t33?,35?,36-/m0/s1. The van der Waals surface area contributed by atoms with Crippen LogP contribution in [-0.4, -0.2) is 63.1 Å². The molecule has 10 nitrogen and oxygen atoms in total. The lowest BCUT2D eigenvalue weighted by molar-refractivity contribution is -0.135. The molecule has 2 unspecified atom stereocenters. The smallest absolute Gasteiger partial charge is 0.407 e. The van der Waals surface area contributed by atoms with E-state index in [1.54, 1.807) is 6.20 Å². The Morgan fingerprint density at radius 2 is 1.76 bits per heavy atom. The molecule has 2 aliphatic heterocycles. The van der Waals surface area contributed by atoms with Crippen molar-refractivity contribution in [1.29, 1.82) is 0 Å². The number of likely N-dealkylation sites (tertiary alicyclic amines) is 1. The zero-order valence-electron chi connectivity index (χ0n) is 30.3. The highest BCUT2D eigenvalue weighted by atomic mass is 16.5. The van der Waals surface area contributed by atoms with Gasteiger partial charge >= 0.3 is 6.09 Å². The van der Waals surface area contributed by atoms with Crippen LogP contribution in [0.2, 0.25) is 0 Å². The van der Waals surface area contributed by atoms with E-state index in [9.17, 15) is 9.59 Å². The van der Waals surface area contributed by atoms with Crippen molar-refractivity contribution >= 4 is 12.0 Å². The monoisotopic (exact) mass is 685 g/mol. The molecule has 3 atom stereocenters. The summed E-state index contributed by atoms with van der Waals surface area (Å²) in [5.74, 6) is 13.9. The summed E-state index contributed by atoms with van der Waals surface area (Å²) in [5.41, 5.74) is 6.67. The molecule has 264 valence electrons. The fourth-order valence-corrected chi connectivity index (χ4v) is 6.75. The molecular weight excluding hydrogens is 638 g/mol. The van der Waals surface area contributed by atoms with Crippen molar-refractivity contribution in [2.75, 3.05) is 20.2 Å². The van der Waals surface area contributed by atoms with Gasteiger partial charge in [-0.1, -0.05) is 70.9 Å². The Hall–Kier alpha value is -5.32. The maximum absolute atomic E-state index is 13.7.